The lowest BCUT2D eigenvalue weighted by molar-refractivity contribution is 0.0479. The molecule has 0 amide bonds. The Kier molecular flexibility index (Phi) is 5.13. The van der Waals surface area contributed by atoms with Gasteiger partial charge in [-0.25, -0.2) is 4.79 Å². The molecule has 1 aliphatic carbocycles. The summed E-state index contributed by atoms with van der Waals surface area (Å²) in [6.07, 6.45) is 4.48. The molecule has 0 saturated carbocycles. The number of thiophene rings is 1. The van der Waals surface area contributed by atoms with Gasteiger partial charge >= 0.3 is 5.97 Å². The minimum atomic E-state index is -0.383. The molecular formula is C20H25NO3S. The molecule has 25 heavy (non-hydrogen) atoms. The van der Waals surface area contributed by atoms with Crippen molar-refractivity contribution in [3.63, 3.8) is 0 Å². The number of esters is 1. The molecule has 3 rings (SSSR count). The fourth-order valence-electron chi connectivity index (χ4n) is 3.47. The van der Waals surface area contributed by atoms with Crippen LogP contribution >= 0.6 is 11.3 Å². The second-order valence-electron chi connectivity index (χ2n) is 6.92. The number of carbonyl (C=O) groups excluding carboxylic acids is 2. The summed E-state index contributed by atoms with van der Waals surface area (Å²) in [7, 11) is 1.92. The van der Waals surface area contributed by atoms with Crippen LogP contribution in [-0.2, 0) is 24.6 Å². The largest absolute Gasteiger partial charge is 0.453 e. The normalized spacial score (nSPS) is 16.6. The van der Waals surface area contributed by atoms with Gasteiger partial charge in [0.25, 0.3) is 0 Å². The summed E-state index contributed by atoms with van der Waals surface area (Å²) in [5.41, 5.74) is 3.83. The molecule has 2 heterocycles. The number of aromatic nitrogens is 1. The maximum absolute atomic E-state index is 12.4. The van der Waals surface area contributed by atoms with Gasteiger partial charge in [-0.1, -0.05) is 13.3 Å². The summed E-state index contributed by atoms with van der Waals surface area (Å²) >= 11 is 1.52. The van der Waals surface area contributed by atoms with E-state index in [2.05, 4.69) is 6.92 Å². The minimum Gasteiger partial charge on any atom is -0.453 e. The Labute approximate surface area is 152 Å². The average Bonchev–Trinajstić information content (AvgIpc) is 3.15. The molecule has 1 atom stereocenters. The molecular weight excluding hydrogens is 334 g/mol. The number of hydrogen-bond donors (Lipinski definition) is 0. The third-order valence-corrected chi connectivity index (χ3v) is 6.59. The molecule has 0 radical (unpaired) electrons. The Balaban J connectivity index is 1.64. The molecule has 0 aliphatic heterocycles. The van der Waals surface area contributed by atoms with Crippen LogP contribution in [0.1, 0.15) is 61.6 Å². The number of fused-ring (bicyclic) bond motifs is 1. The standard InChI is InChI=1S/C20H25NO3S/c1-5-14-6-7-18-15(9-14)10-19(25-18)20(23)24-11-17(22)16-8-12(2)21(4)13(16)3/h8,10,14H,5-7,9,11H2,1-4H3/t14-/m0/s1. The number of ether oxygens (including phenoxy) is 1. The number of Topliss-reactive ketones (excluding diaryl/α,β-unsaturated/α-hetero) is 1. The van der Waals surface area contributed by atoms with Gasteiger partial charge in [-0.3, -0.25) is 4.79 Å². The second kappa shape index (κ2) is 7.16. The van der Waals surface area contributed by atoms with Crippen molar-refractivity contribution in [2.45, 2.75) is 46.5 Å². The first-order chi connectivity index (χ1) is 11.9. The maximum Gasteiger partial charge on any atom is 0.348 e. The van der Waals surface area contributed by atoms with Crippen molar-refractivity contribution in [3.05, 3.63) is 44.4 Å². The van der Waals surface area contributed by atoms with E-state index in [1.165, 1.54) is 34.6 Å². The zero-order valence-corrected chi connectivity index (χ0v) is 16.2. The van der Waals surface area contributed by atoms with Crippen LogP contribution in [0.5, 0.6) is 0 Å². The van der Waals surface area contributed by atoms with E-state index in [0.717, 1.165) is 30.1 Å². The van der Waals surface area contributed by atoms with Crippen LogP contribution in [-0.4, -0.2) is 22.9 Å². The molecule has 2 aromatic heterocycles. The molecule has 0 spiro atoms. The van der Waals surface area contributed by atoms with E-state index >= 15 is 0 Å². The summed E-state index contributed by atoms with van der Waals surface area (Å²) in [5, 5.41) is 0. The Hall–Kier alpha value is -1.88. The zero-order chi connectivity index (χ0) is 18.1. The quantitative estimate of drug-likeness (QED) is 0.592. The number of hydrogen-bond acceptors (Lipinski definition) is 4. The Bertz CT molecular complexity index is 815. The van der Waals surface area contributed by atoms with E-state index in [0.29, 0.717) is 10.4 Å². The third kappa shape index (κ3) is 3.56. The lowest BCUT2D eigenvalue weighted by Gasteiger charge is -2.19. The molecule has 134 valence electrons. The lowest BCUT2D eigenvalue weighted by atomic mass is 9.87. The monoisotopic (exact) mass is 359 g/mol. The molecule has 1 aliphatic rings. The minimum absolute atomic E-state index is 0.151. The zero-order valence-electron chi connectivity index (χ0n) is 15.3. The maximum atomic E-state index is 12.4. The van der Waals surface area contributed by atoms with Crippen molar-refractivity contribution < 1.29 is 14.3 Å². The first kappa shape index (κ1) is 17.9. The van der Waals surface area contributed by atoms with E-state index in [1.807, 2.05) is 37.6 Å². The smallest absolute Gasteiger partial charge is 0.348 e. The first-order valence-electron chi connectivity index (χ1n) is 8.85. The van der Waals surface area contributed by atoms with Crippen molar-refractivity contribution in [1.29, 1.82) is 0 Å². The summed E-state index contributed by atoms with van der Waals surface area (Å²) in [4.78, 5) is 26.6. The molecule has 0 fully saturated rings. The highest BCUT2D eigenvalue weighted by Gasteiger charge is 2.23. The molecule has 2 aromatic rings. The Morgan fingerprint density at radius 2 is 2.08 bits per heavy atom. The summed E-state index contributed by atoms with van der Waals surface area (Å²) in [6.45, 7) is 5.87. The van der Waals surface area contributed by atoms with E-state index in [1.54, 1.807) is 0 Å². The molecule has 0 bridgehead atoms. The van der Waals surface area contributed by atoms with Crippen molar-refractivity contribution in [3.8, 4) is 0 Å². The van der Waals surface area contributed by atoms with Crippen LogP contribution in [0.15, 0.2) is 12.1 Å². The van der Waals surface area contributed by atoms with E-state index in [-0.39, 0.29) is 18.4 Å². The molecule has 0 aromatic carbocycles. The van der Waals surface area contributed by atoms with Gasteiger partial charge in [0.1, 0.15) is 4.88 Å². The predicted octanol–water partition coefficient (Wildman–Crippen LogP) is 4.26. The van der Waals surface area contributed by atoms with Crippen molar-refractivity contribution in [2.75, 3.05) is 6.61 Å². The van der Waals surface area contributed by atoms with Gasteiger partial charge in [-0.15, -0.1) is 11.3 Å². The van der Waals surface area contributed by atoms with Gasteiger partial charge in [-0.05, 0) is 56.7 Å². The van der Waals surface area contributed by atoms with Crippen LogP contribution in [0.2, 0.25) is 0 Å². The number of ketones is 1. The second-order valence-corrected chi connectivity index (χ2v) is 8.06. The highest BCUT2D eigenvalue weighted by molar-refractivity contribution is 7.14. The van der Waals surface area contributed by atoms with Crippen LogP contribution in [0.3, 0.4) is 0 Å². The van der Waals surface area contributed by atoms with Crippen LogP contribution < -0.4 is 0 Å². The predicted molar refractivity (Wildman–Crippen MR) is 99.6 cm³/mol. The third-order valence-electron chi connectivity index (χ3n) is 5.37. The Morgan fingerprint density at radius 1 is 1.32 bits per heavy atom. The van der Waals surface area contributed by atoms with Gasteiger partial charge in [0.2, 0.25) is 5.78 Å². The molecule has 0 N–H and O–H groups in total. The number of aryl methyl sites for hydroxylation is 2. The highest BCUT2D eigenvalue weighted by Crippen LogP contribution is 2.33. The lowest BCUT2D eigenvalue weighted by Crippen LogP contribution is -2.14. The van der Waals surface area contributed by atoms with Crippen molar-refractivity contribution >= 4 is 23.1 Å². The first-order valence-corrected chi connectivity index (χ1v) is 9.67. The topological polar surface area (TPSA) is 48.3 Å². The molecule has 0 unspecified atom stereocenters. The number of carbonyl (C=O) groups is 2. The van der Waals surface area contributed by atoms with Crippen LogP contribution in [0.25, 0.3) is 0 Å². The Morgan fingerprint density at radius 3 is 2.72 bits per heavy atom. The van der Waals surface area contributed by atoms with E-state index in [4.69, 9.17) is 4.74 Å². The number of nitrogens with zero attached hydrogens (tertiary/aromatic N) is 1. The fourth-order valence-corrected chi connectivity index (χ4v) is 4.57. The molecule has 4 nitrogen and oxygen atoms in total. The summed E-state index contributed by atoms with van der Waals surface area (Å²) < 4.78 is 7.26. The number of rotatable bonds is 5. The van der Waals surface area contributed by atoms with Crippen molar-refractivity contribution in [1.82, 2.24) is 4.57 Å². The van der Waals surface area contributed by atoms with Gasteiger partial charge in [0.15, 0.2) is 6.61 Å². The fraction of sp³-hybridized carbons (Fsp3) is 0.500. The van der Waals surface area contributed by atoms with Gasteiger partial charge in [0.05, 0.1) is 0 Å². The molecule has 0 saturated heterocycles. The van der Waals surface area contributed by atoms with Crippen LogP contribution in [0, 0.1) is 19.8 Å². The van der Waals surface area contributed by atoms with Crippen molar-refractivity contribution in [2.24, 2.45) is 13.0 Å². The van der Waals surface area contributed by atoms with E-state index < -0.39 is 0 Å². The molecule has 5 heteroatoms. The van der Waals surface area contributed by atoms with Gasteiger partial charge in [0, 0.05) is 28.9 Å². The SMILES string of the molecule is CC[C@H]1CCc2sc(C(=O)OCC(=O)c3cc(C)n(C)c3C)cc2C1. The summed E-state index contributed by atoms with van der Waals surface area (Å²) in [5.74, 6) is 0.185. The summed E-state index contributed by atoms with van der Waals surface area (Å²) in [6, 6.07) is 3.81. The van der Waals surface area contributed by atoms with Gasteiger partial charge < -0.3 is 9.30 Å². The highest BCUT2D eigenvalue weighted by atomic mass is 32.1. The van der Waals surface area contributed by atoms with E-state index in [9.17, 15) is 9.59 Å². The average molecular weight is 359 g/mol. The van der Waals surface area contributed by atoms with Crippen LogP contribution in [0.4, 0.5) is 0 Å². The van der Waals surface area contributed by atoms with Gasteiger partial charge in [-0.2, -0.15) is 0 Å².